The Morgan fingerprint density at radius 1 is 1.19 bits per heavy atom. The van der Waals surface area contributed by atoms with Gasteiger partial charge in [0.2, 0.25) is 0 Å². The van der Waals surface area contributed by atoms with Gasteiger partial charge in [0.25, 0.3) is 0 Å². The smallest absolute Gasteiger partial charge is 0.117 e. The van der Waals surface area contributed by atoms with Crippen molar-refractivity contribution in [1.82, 2.24) is 0 Å². The van der Waals surface area contributed by atoms with Crippen LogP contribution in [0.5, 0.6) is 5.75 Å². The van der Waals surface area contributed by atoms with E-state index < -0.39 is 0 Å². The fraction of sp³-hybridized carbons (Fsp3) is 0.500. The van der Waals surface area contributed by atoms with Crippen LogP contribution in [0.4, 0.5) is 5.69 Å². The summed E-state index contributed by atoms with van der Waals surface area (Å²) in [7, 11) is 4.53. The van der Waals surface area contributed by atoms with E-state index in [1.807, 2.05) is 12.1 Å². The third-order valence-corrected chi connectivity index (χ3v) is 3.15. The quantitative estimate of drug-likeness (QED) is 0.489. The summed E-state index contributed by atoms with van der Waals surface area (Å²) >= 11 is 0. The van der Waals surface area contributed by atoms with Crippen LogP contribution in [0.25, 0.3) is 0 Å². The predicted octanol–water partition coefficient (Wildman–Crippen LogP) is -1.71. The molecule has 4 heteroatoms. The fourth-order valence-corrected chi connectivity index (χ4v) is 1.95. The van der Waals surface area contributed by atoms with E-state index in [4.69, 9.17) is 0 Å². The molecule has 1 saturated heterocycles. The molecule has 1 aromatic rings. The van der Waals surface area contributed by atoms with Crippen LogP contribution in [0.3, 0.4) is 0 Å². The van der Waals surface area contributed by atoms with E-state index in [1.165, 1.54) is 0 Å². The number of anilines is 1. The van der Waals surface area contributed by atoms with E-state index in [2.05, 4.69) is 25.1 Å². The first kappa shape index (κ1) is 13.6. The van der Waals surface area contributed by atoms with E-state index >= 15 is 0 Å². The molecule has 0 spiro atoms. The van der Waals surface area contributed by atoms with Gasteiger partial charge in [0, 0.05) is 11.8 Å². The van der Waals surface area contributed by atoms with Gasteiger partial charge in [-0.25, -0.2) is 0 Å². The second kappa shape index (κ2) is 5.23. The SMILES string of the molecule is C[N+]1(C)CCN(c2cccc(O)c2)CC1.[I-]. The molecule has 0 saturated carbocycles. The van der Waals surface area contributed by atoms with Crippen LogP contribution in [0.15, 0.2) is 24.3 Å². The Morgan fingerprint density at radius 3 is 2.38 bits per heavy atom. The lowest BCUT2D eigenvalue weighted by Gasteiger charge is -2.40. The normalized spacial score (nSPS) is 19.0. The number of benzene rings is 1. The predicted molar refractivity (Wildman–Crippen MR) is 62.2 cm³/mol. The standard InChI is InChI=1S/C12H18N2O.HI/c1-14(2)8-6-13(7-9-14)11-4-3-5-12(15)10-11;/h3-5,10H,6-9H2,1-2H3;1H. The Labute approximate surface area is 114 Å². The summed E-state index contributed by atoms with van der Waals surface area (Å²) in [6, 6.07) is 7.52. The highest BCUT2D eigenvalue weighted by atomic mass is 127. The maximum atomic E-state index is 9.42. The van der Waals surface area contributed by atoms with Crippen LogP contribution in [-0.4, -0.2) is 49.9 Å². The number of quaternary nitrogens is 1. The minimum Gasteiger partial charge on any atom is -1.00 e. The summed E-state index contributed by atoms with van der Waals surface area (Å²) in [6.45, 7) is 4.46. The zero-order valence-corrected chi connectivity index (χ0v) is 12.0. The van der Waals surface area contributed by atoms with Crippen molar-refractivity contribution in [3.8, 4) is 5.75 Å². The molecule has 3 nitrogen and oxygen atoms in total. The number of piperazine rings is 1. The van der Waals surface area contributed by atoms with Crippen molar-refractivity contribution < 1.29 is 33.6 Å². The Balaban J connectivity index is 0.00000128. The molecule has 16 heavy (non-hydrogen) atoms. The van der Waals surface area contributed by atoms with Gasteiger partial charge in [0.1, 0.15) is 5.75 Å². The lowest BCUT2D eigenvalue weighted by Crippen LogP contribution is -3.00. The van der Waals surface area contributed by atoms with Gasteiger partial charge in [0.15, 0.2) is 0 Å². The van der Waals surface area contributed by atoms with Gasteiger partial charge >= 0.3 is 0 Å². The van der Waals surface area contributed by atoms with Crippen LogP contribution in [0.2, 0.25) is 0 Å². The highest BCUT2D eigenvalue weighted by Crippen LogP contribution is 2.21. The molecule has 0 amide bonds. The first-order valence-corrected chi connectivity index (χ1v) is 5.43. The summed E-state index contributed by atoms with van der Waals surface area (Å²) < 4.78 is 1.09. The maximum absolute atomic E-state index is 9.42. The lowest BCUT2D eigenvalue weighted by atomic mass is 10.2. The van der Waals surface area contributed by atoms with Crippen LogP contribution >= 0.6 is 0 Å². The Kier molecular flexibility index (Phi) is 4.43. The molecule has 1 aliphatic heterocycles. The minimum atomic E-state index is 0. The van der Waals surface area contributed by atoms with Crippen LogP contribution in [0, 0.1) is 0 Å². The molecule has 0 aliphatic carbocycles. The number of aromatic hydroxyl groups is 1. The third-order valence-electron chi connectivity index (χ3n) is 3.15. The van der Waals surface area contributed by atoms with Crippen molar-refractivity contribution in [2.45, 2.75) is 0 Å². The molecule has 0 unspecified atom stereocenters. The number of nitrogens with zero attached hydrogens (tertiary/aromatic N) is 2. The third kappa shape index (κ3) is 3.25. The average molecular weight is 334 g/mol. The Bertz CT molecular complexity index is 345. The molecule has 90 valence electrons. The van der Waals surface area contributed by atoms with Gasteiger partial charge in [-0.15, -0.1) is 0 Å². The summed E-state index contributed by atoms with van der Waals surface area (Å²) in [5.41, 5.74) is 1.13. The van der Waals surface area contributed by atoms with Crippen LogP contribution in [-0.2, 0) is 0 Å². The van der Waals surface area contributed by atoms with Crippen molar-refractivity contribution in [2.75, 3.05) is 45.2 Å². The molecule has 1 N–H and O–H groups in total. The highest BCUT2D eigenvalue weighted by Gasteiger charge is 2.24. The Morgan fingerprint density at radius 2 is 1.81 bits per heavy atom. The average Bonchev–Trinajstić information content (AvgIpc) is 2.17. The zero-order valence-electron chi connectivity index (χ0n) is 9.86. The monoisotopic (exact) mass is 334 g/mol. The van der Waals surface area contributed by atoms with Gasteiger partial charge in [-0.2, -0.15) is 0 Å². The summed E-state index contributed by atoms with van der Waals surface area (Å²) in [4.78, 5) is 2.34. The number of hydrogen-bond donors (Lipinski definition) is 1. The topological polar surface area (TPSA) is 23.5 Å². The molecule has 1 aromatic carbocycles. The highest BCUT2D eigenvalue weighted by molar-refractivity contribution is 5.50. The van der Waals surface area contributed by atoms with E-state index in [0.717, 1.165) is 36.3 Å². The molecule has 0 bridgehead atoms. The molecule has 1 heterocycles. The first-order valence-electron chi connectivity index (χ1n) is 5.43. The van der Waals surface area contributed by atoms with Crippen LogP contribution in [0.1, 0.15) is 0 Å². The summed E-state index contributed by atoms with van der Waals surface area (Å²) in [6.07, 6.45) is 0. The Hall–Kier alpha value is -0.490. The molecule has 0 aromatic heterocycles. The van der Waals surface area contributed by atoms with Gasteiger partial charge in [-0.1, -0.05) is 6.07 Å². The molecule has 1 fully saturated rings. The summed E-state index contributed by atoms with van der Waals surface area (Å²) in [5.74, 6) is 0.354. The zero-order chi connectivity index (χ0) is 10.9. The fourth-order valence-electron chi connectivity index (χ4n) is 1.95. The van der Waals surface area contributed by atoms with E-state index in [0.29, 0.717) is 5.75 Å². The number of phenolic OH excluding ortho intramolecular Hbond substituents is 1. The molecular weight excluding hydrogens is 315 g/mol. The van der Waals surface area contributed by atoms with E-state index in [1.54, 1.807) is 6.07 Å². The number of phenols is 1. The van der Waals surface area contributed by atoms with E-state index in [-0.39, 0.29) is 24.0 Å². The van der Waals surface area contributed by atoms with Crippen molar-refractivity contribution in [3.63, 3.8) is 0 Å². The molecule has 1 aliphatic rings. The summed E-state index contributed by atoms with van der Waals surface area (Å²) in [5, 5.41) is 9.42. The minimum absolute atomic E-state index is 0. The second-order valence-corrected chi connectivity index (χ2v) is 4.89. The van der Waals surface area contributed by atoms with Gasteiger partial charge < -0.3 is 38.5 Å². The van der Waals surface area contributed by atoms with E-state index in [9.17, 15) is 5.11 Å². The lowest BCUT2D eigenvalue weighted by molar-refractivity contribution is -0.890. The second-order valence-electron chi connectivity index (χ2n) is 4.89. The number of rotatable bonds is 1. The van der Waals surface area contributed by atoms with Crippen molar-refractivity contribution in [2.24, 2.45) is 0 Å². The maximum Gasteiger partial charge on any atom is 0.117 e. The number of hydrogen-bond acceptors (Lipinski definition) is 2. The largest absolute Gasteiger partial charge is 1.00 e. The molecule has 0 radical (unpaired) electrons. The molecule has 0 atom stereocenters. The van der Waals surface area contributed by atoms with Gasteiger partial charge in [-0.3, -0.25) is 0 Å². The molecule has 2 rings (SSSR count). The number of halogens is 1. The van der Waals surface area contributed by atoms with Crippen LogP contribution < -0.4 is 28.9 Å². The van der Waals surface area contributed by atoms with Gasteiger partial charge in [0.05, 0.1) is 40.3 Å². The number of likely N-dealkylation sites (N-methyl/N-ethyl adjacent to an activating group) is 1. The van der Waals surface area contributed by atoms with Gasteiger partial charge in [-0.05, 0) is 12.1 Å². The van der Waals surface area contributed by atoms with Crippen molar-refractivity contribution in [3.05, 3.63) is 24.3 Å². The van der Waals surface area contributed by atoms with Crippen molar-refractivity contribution >= 4 is 5.69 Å². The first-order chi connectivity index (χ1) is 7.07. The molecular formula is C12H19IN2O. The van der Waals surface area contributed by atoms with Crippen molar-refractivity contribution in [1.29, 1.82) is 0 Å².